The van der Waals surface area contributed by atoms with Crippen molar-refractivity contribution < 1.29 is 8.42 Å². The van der Waals surface area contributed by atoms with E-state index in [1.165, 1.54) is 6.26 Å². The van der Waals surface area contributed by atoms with Gasteiger partial charge in [-0.2, -0.15) is 0 Å². The van der Waals surface area contributed by atoms with Gasteiger partial charge in [0.15, 0.2) is 11.1 Å². The van der Waals surface area contributed by atoms with Crippen LogP contribution in [0.1, 0.15) is 39.4 Å². The highest BCUT2D eigenvalue weighted by Crippen LogP contribution is 2.16. The average Bonchev–Trinajstić information content (AvgIpc) is 2.96. The van der Waals surface area contributed by atoms with Gasteiger partial charge in [-0.15, -0.1) is 10.2 Å². The van der Waals surface area contributed by atoms with Gasteiger partial charge in [0.05, 0.1) is 5.75 Å². The Bertz CT molecular complexity index is 700. The maximum Gasteiger partial charge on any atom is 0.191 e. The Morgan fingerprint density at radius 3 is 2.56 bits per heavy atom. The Kier molecular flexibility index (Phi) is 10.1. The molecule has 0 aliphatic rings. The van der Waals surface area contributed by atoms with E-state index in [9.17, 15) is 8.42 Å². The lowest BCUT2D eigenvalue weighted by molar-refractivity contribution is 0.477. The van der Waals surface area contributed by atoms with Crippen LogP contribution in [-0.2, 0) is 22.8 Å². The van der Waals surface area contributed by atoms with Crippen molar-refractivity contribution in [3.8, 4) is 0 Å². The molecule has 1 unspecified atom stereocenters. The fourth-order valence-corrected chi connectivity index (χ4v) is 3.85. The third-order valence-corrected chi connectivity index (χ3v) is 5.57. The zero-order valence-electron chi connectivity index (χ0n) is 17.3. The van der Waals surface area contributed by atoms with E-state index < -0.39 is 9.84 Å². The van der Waals surface area contributed by atoms with Gasteiger partial charge in [0.25, 0.3) is 0 Å². The lowest BCUT2D eigenvalue weighted by atomic mass is 10.2. The van der Waals surface area contributed by atoms with Crippen LogP contribution in [0, 0.1) is 5.92 Å². The van der Waals surface area contributed by atoms with Crippen molar-refractivity contribution in [2.24, 2.45) is 10.9 Å². The molecule has 2 N–H and O–H groups in total. The maximum atomic E-state index is 11.3. The van der Waals surface area contributed by atoms with Crippen molar-refractivity contribution in [1.82, 2.24) is 25.4 Å². The van der Waals surface area contributed by atoms with Crippen molar-refractivity contribution in [2.75, 3.05) is 31.9 Å². The van der Waals surface area contributed by atoms with Crippen molar-refractivity contribution in [1.29, 1.82) is 0 Å². The first kappa shape index (κ1) is 23.7. The van der Waals surface area contributed by atoms with E-state index in [-0.39, 0.29) is 11.8 Å². The molecular formula is C17H34N6O2S2. The predicted molar refractivity (Wildman–Crippen MR) is 113 cm³/mol. The van der Waals surface area contributed by atoms with E-state index in [1.54, 1.807) is 18.8 Å². The number of hydrogen-bond donors (Lipinski definition) is 2. The van der Waals surface area contributed by atoms with Crippen LogP contribution in [0.25, 0.3) is 0 Å². The topological polar surface area (TPSA) is 101 Å². The van der Waals surface area contributed by atoms with Crippen LogP contribution in [0.4, 0.5) is 0 Å². The molecule has 0 aliphatic carbocycles. The van der Waals surface area contributed by atoms with Crippen LogP contribution < -0.4 is 10.6 Å². The highest BCUT2D eigenvalue weighted by atomic mass is 32.2. The molecule has 0 aromatic carbocycles. The normalized spacial score (nSPS) is 13.8. The monoisotopic (exact) mass is 418 g/mol. The van der Waals surface area contributed by atoms with Crippen molar-refractivity contribution in [2.45, 2.75) is 57.8 Å². The molecular weight excluding hydrogens is 384 g/mol. The summed E-state index contributed by atoms with van der Waals surface area (Å²) in [5.41, 5.74) is 0. The molecule has 1 atom stereocenters. The molecule has 0 fully saturated rings. The van der Waals surface area contributed by atoms with Gasteiger partial charge in [-0.05, 0) is 31.9 Å². The largest absolute Gasteiger partial charge is 0.356 e. The van der Waals surface area contributed by atoms with Crippen LogP contribution in [-0.4, -0.2) is 67.0 Å². The first-order valence-corrected chi connectivity index (χ1v) is 12.6. The van der Waals surface area contributed by atoms with Gasteiger partial charge in [-0.25, -0.2) is 8.42 Å². The molecule has 1 aromatic rings. The number of aryl methyl sites for hydroxylation is 1. The van der Waals surface area contributed by atoms with E-state index in [2.05, 4.69) is 44.2 Å². The Morgan fingerprint density at radius 1 is 1.30 bits per heavy atom. The van der Waals surface area contributed by atoms with Gasteiger partial charge in [-0.1, -0.05) is 25.6 Å². The number of thioether (sulfide) groups is 1. The van der Waals surface area contributed by atoms with Gasteiger partial charge in [-0.3, -0.25) is 4.99 Å². The molecule has 0 amide bonds. The van der Waals surface area contributed by atoms with E-state index in [0.717, 1.165) is 36.9 Å². The highest BCUT2D eigenvalue weighted by molar-refractivity contribution is 7.98. The fourth-order valence-electron chi connectivity index (χ4n) is 2.55. The van der Waals surface area contributed by atoms with Crippen LogP contribution >= 0.6 is 11.8 Å². The molecule has 0 saturated carbocycles. The first-order valence-electron chi connectivity index (χ1n) is 9.27. The Balaban J connectivity index is 2.45. The third-order valence-electron chi connectivity index (χ3n) is 3.92. The smallest absolute Gasteiger partial charge is 0.191 e. The summed E-state index contributed by atoms with van der Waals surface area (Å²) in [4.78, 5) is 4.20. The second-order valence-electron chi connectivity index (χ2n) is 7.17. The molecule has 0 bridgehead atoms. The van der Waals surface area contributed by atoms with Crippen LogP contribution in [0.3, 0.4) is 0 Å². The van der Waals surface area contributed by atoms with Gasteiger partial charge < -0.3 is 15.2 Å². The lowest BCUT2D eigenvalue weighted by Gasteiger charge is -2.17. The van der Waals surface area contributed by atoms with Crippen LogP contribution in [0.2, 0.25) is 0 Å². The number of sulfone groups is 1. The van der Waals surface area contributed by atoms with E-state index in [4.69, 9.17) is 0 Å². The first-order chi connectivity index (χ1) is 12.7. The molecule has 156 valence electrons. The van der Waals surface area contributed by atoms with Crippen molar-refractivity contribution in [3.63, 3.8) is 0 Å². The number of aliphatic imine (C=N–C) groups is 1. The van der Waals surface area contributed by atoms with Crippen LogP contribution in [0.15, 0.2) is 10.1 Å². The van der Waals surface area contributed by atoms with Gasteiger partial charge >= 0.3 is 0 Å². The number of aromatic nitrogens is 3. The number of hydrogen-bond acceptors (Lipinski definition) is 6. The van der Waals surface area contributed by atoms with Crippen LogP contribution in [0.5, 0.6) is 0 Å². The zero-order valence-corrected chi connectivity index (χ0v) is 19.0. The molecule has 10 heteroatoms. The Labute approximate surface area is 167 Å². The molecule has 0 spiro atoms. The molecule has 8 nitrogen and oxygen atoms in total. The van der Waals surface area contributed by atoms with E-state index in [0.29, 0.717) is 18.3 Å². The van der Waals surface area contributed by atoms with Crippen molar-refractivity contribution in [3.05, 3.63) is 5.82 Å². The number of rotatable bonds is 11. The molecule has 1 heterocycles. The molecule has 0 aliphatic heterocycles. The summed E-state index contributed by atoms with van der Waals surface area (Å²) in [6, 6.07) is 0.0317. The zero-order chi connectivity index (χ0) is 20.4. The molecule has 1 rings (SSSR count). The minimum absolute atomic E-state index is 0.0317. The molecule has 0 radical (unpaired) electrons. The second-order valence-corrected chi connectivity index (χ2v) is 10.2. The summed E-state index contributed by atoms with van der Waals surface area (Å²) in [5.74, 6) is 2.41. The lowest BCUT2D eigenvalue weighted by Crippen LogP contribution is -2.43. The summed E-state index contributed by atoms with van der Waals surface area (Å²) in [6.45, 7) is 8.01. The minimum atomic E-state index is -2.94. The van der Waals surface area contributed by atoms with E-state index >= 15 is 0 Å². The summed E-state index contributed by atoms with van der Waals surface area (Å²) < 4.78 is 24.7. The predicted octanol–water partition coefficient (Wildman–Crippen LogP) is 1.58. The second kappa shape index (κ2) is 11.5. The molecule has 27 heavy (non-hydrogen) atoms. The van der Waals surface area contributed by atoms with Crippen molar-refractivity contribution >= 4 is 27.6 Å². The summed E-state index contributed by atoms with van der Waals surface area (Å²) in [7, 11) is -1.23. The average molecular weight is 419 g/mol. The Morgan fingerprint density at radius 2 is 2.00 bits per heavy atom. The standard InChI is InChI=1S/C17H34N6O2S2/c1-13(2)12-23-15(21-22-17(23)26-5)8-7-10-19-16(18-4)20-14(3)9-11-27(6,24)25/h13-14H,7-12H2,1-6H3,(H2,18,19,20). The number of nitrogens with one attached hydrogen (secondary N) is 2. The number of nitrogens with zero attached hydrogens (tertiary/aromatic N) is 4. The number of guanidine groups is 1. The van der Waals surface area contributed by atoms with Gasteiger partial charge in [0, 0.05) is 38.9 Å². The quantitative estimate of drug-likeness (QED) is 0.243. The Hall–Kier alpha value is -1.29. The summed E-state index contributed by atoms with van der Waals surface area (Å²) in [5, 5.41) is 16.1. The molecule has 1 aromatic heterocycles. The summed E-state index contributed by atoms with van der Waals surface area (Å²) in [6.07, 6.45) is 5.58. The minimum Gasteiger partial charge on any atom is -0.356 e. The highest BCUT2D eigenvalue weighted by Gasteiger charge is 2.13. The van der Waals surface area contributed by atoms with Gasteiger partial charge in [0.1, 0.15) is 15.7 Å². The molecule has 0 saturated heterocycles. The van der Waals surface area contributed by atoms with Gasteiger partial charge in [0.2, 0.25) is 0 Å². The summed E-state index contributed by atoms with van der Waals surface area (Å²) >= 11 is 1.62. The fraction of sp³-hybridized carbons (Fsp3) is 0.824. The SMILES string of the molecule is CN=C(NCCCc1nnc(SC)n1CC(C)C)NC(C)CCS(C)(=O)=O. The third kappa shape index (κ3) is 9.46. The van der Waals surface area contributed by atoms with E-state index in [1.807, 2.05) is 13.2 Å². The maximum absolute atomic E-state index is 11.3.